The standard InChI is InChI=1S/C11H21N5O/c1-3-9(7-12)6-11(17)13-5-4-10-15-14-8-16(10)2/h8-9H,3-7,12H2,1-2H3,(H,13,17). The minimum atomic E-state index is 0.0597. The molecule has 17 heavy (non-hydrogen) atoms. The lowest BCUT2D eigenvalue weighted by atomic mass is 10.0. The SMILES string of the molecule is CCC(CN)CC(=O)NCCc1nncn1C. The average molecular weight is 239 g/mol. The van der Waals surface area contributed by atoms with E-state index < -0.39 is 0 Å². The highest BCUT2D eigenvalue weighted by molar-refractivity contribution is 5.76. The zero-order valence-corrected chi connectivity index (χ0v) is 10.5. The van der Waals surface area contributed by atoms with E-state index in [-0.39, 0.29) is 11.8 Å². The van der Waals surface area contributed by atoms with Gasteiger partial charge in [0, 0.05) is 26.4 Å². The van der Waals surface area contributed by atoms with Gasteiger partial charge in [-0.1, -0.05) is 13.3 Å². The number of amides is 1. The van der Waals surface area contributed by atoms with E-state index in [2.05, 4.69) is 15.5 Å². The number of aryl methyl sites for hydroxylation is 1. The smallest absolute Gasteiger partial charge is 0.220 e. The average Bonchev–Trinajstić information content (AvgIpc) is 2.72. The van der Waals surface area contributed by atoms with Crippen molar-refractivity contribution in [2.24, 2.45) is 18.7 Å². The number of hydrogen-bond acceptors (Lipinski definition) is 4. The summed E-state index contributed by atoms with van der Waals surface area (Å²) in [4.78, 5) is 11.6. The Morgan fingerprint density at radius 1 is 1.65 bits per heavy atom. The fourth-order valence-corrected chi connectivity index (χ4v) is 1.58. The molecule has 1 atom stereocenters. The largest absolute Gasteiger partial charge is 0.356 e. The van der Waals surface area contributed by atoms with Gasteiger partial charge in [0.15, 0.2) is 0 Å². The van der Waals surface area contributed by atoms with Gasteiger partial charge >= 0.3 is 0 Å². The summed E-state index contributed by atoms with van der Waals surface area (Å²) in [5, 5.41) is 10.6. The van der Waals surface area contributed by atoms with Crippen LogP contribution in [0.2, 0.25) is 0 Å². The third kappa shape index (κ3) is 4.52. The van der Waals surface area contributed by atoms with E-state index >= 15 is 0 Å². The maximum absolute atomic E-state index is 11.6. The van der Waals surface area contributed by atoms with Crippen molar-refractivity contribution in [3.63, 3.8) is 0 Å². The summed E-state index contributed by atoms with van der Waals surface area (Å²) in [6.45, 7) is 3.20. The third-order valence-electron chi connectivity index (χ3n) is 2.86. The first-order valence-electron chi connectivity index (χ1n) is 5.97. The topological polar surface area (TPSA) is 85.8 Å². The Bertz CT molecular complexity index is 345. The number of carbonyl (C=O) groups is 1. The first kappa shape index (κ1) is 13.6. The zero-order chi connectivity index (χ0) is 12.7. The van der Waals surface area contributed by atoms with Crippen LogP contribution in [0.3, 0.4) is 0 Å². The Hall–Kier alpha value is -1.43. The Balaban J connectivity index is 2.22. The van der Waals surface area contributed by atoms with Gasteiger partial charge in [0.1, 0.15) is 12.2 Å². The summed E-state index contributed by atoms with van der Waals surface area (Å²) >= 11 is 0. The molecule has 0 fully saturated rings. The Morgan fingerprint density at radius 3 is 2.94 bits per heavy atom. The van der Waals surface area contributed by atoms with E-state index in [4.69, 9.17) is 5.73 Å². The van der Waals surface area contributed by atoms with E-state index in [1.165, 1.54) is 0 Å². The molecule has 6 heteroatoms. The second-order valence-electron chi connectivity index (χ2n) is 4.17. The first-order chi connectivity index (χ1) is 8.17. The number of carbonyl (C=O) groups excluding carboxylic acids is 1. The minimum Gasteiger partial charge on any atom is -0.356 e. The Kier molecular flexibility index (Phi) is 5.62. The number of hydrogen-bond donors (Lipinski definition) is 2. The summed E-state index contributed by atoms with van der Waals surface area (Å²) in [5.41, 5.74) is 5.56. The molecule has 0 saturated carbocycles. The summed E-state index contributed by atoms with van der Waals surface area (Å²) in [6, 6.07) is 0. The molecule has 0 spiro atoms. The summed E-state index contributed by atoms with van der Waals surface area (Å²) < 4.78 is 1.85. The predicted octanol–water partition coefficient (Wildman–Crippen LogP) is -0.151. The van der Waals surface area contributed by atoms with Gasteiger partial charge in [-0.2, -0.15) is 0 Å². The highest BCUT2D eigenvalue weighted by Gasteiger charge is 2.10. The van der Waals surface area contributed by atoms with Gasteiger partial charge in [0.05, 0.1) is 0 Å². The van der Waals surface area contributed by atoms with Crippen molar-refractivity contribution in [3.05, 3.63) is 12.2 Å². The van der Waals surface area contributed by atoms with E-state index in [1.54, 1.807) is 6.33 Å². The highest BCUT2D eigenvalue weighted by Crippen LogP contribution is 2.05. The second kappa shape index (κ2) is 7.01. The molecule has 0 radical (unpaired) electrons. The lowest BCUT2D eigenvalue weighted by molar-refractivity contribution is -0.121. The fraction of sp³-hybridized carbons (Fsp3) is 0.727. The van der Waals surface area contributed by atoms with Crippen molar-refractivity contribution in [2.75, 3.05) is 13.1 Å². The van der Waals surface area contributed by atoms with Crippen LogP contribution in [-0.2, 0) is 18.3 Å². The summed E-state index contributed by atoms with van der Waals surface area (Å²) in [5.74, 6) is 1.21. The van der Waals surface area contributed by atoms with Crippen LogP contribution in [0.25, 0.3) is 0 Å². The van der Waals surface area contributed by atoms with Crippen LogP contribution in [0.15, 0.2) is 6.33 Å². The fourth-order valence-electron chi connectivity index (χ4n) is 1.58. The molecule has 1 aromatic rings. The van der Waals surface area contributed by atoms with Crippen molar-refractivity contribution in [3.8, 4) is 0 Å². The molecular formula is C11H21N5O. The monoisotopic (exact) mass is 239 g/mol. The lowest BCUT2D eigenvalue weighted by Gasteiger charge is -2.11. The van der Waals surface area contributed by atoms with Gasteiger partial charge in [-0.15, -0.1) is 10.2 Å². The molecule has 0 aliphatic heterocycles. The maximum atomic E-state index is 11.6. The quantitative estimate of drug-likeness (QED) is 0.693. The van der Waals surface area contributed by atoms with Crippen molar-refractivity contribution in [1.82, 2.24) is 20.1 Å². The minimum absolute atomic E-state index is 0.0597. The summed E-state index contributed by atoms with van der Waals surface area (Å²) in [6.07, 6.45) is 3.79. The molecule has 1 amide bonds. The summed E-state index contributed by atoms with van der Waals surface area (Å²) in [7, 11) is 1.89. The molecule has 0 aromatic carbocycles. The molecule has 3 N–H and O–H groups in total. The van der Waals surface area contributed by atoms with Crippen LogP contribution in [0.1, 0.15) is 25.6 Å². The van der Waals surface area contributed by atoms with Crippen LogP contribution in [0, 0.1) is 5.92 Å². The van der Waals surface area contributed by atoms with E-state index in [0.29, 0.717) is 25.9 Å². The van der Waals surface area contributed by atoms with Crippen LogP contribution >= 0.6 is 0 Å². The number of rotatable bonds is 7. The van der Waals surface area contributed by atoms with Gasteiger partial charge in [-0.25, -0.2) is 0 Å². The molecule has 0 saturated heterocycles. The van der Waals surface area contributed by atoms with Crippen molar-refractivity contribution < 1.29 is 4.79 Å². The highest BCUT2D eigenvalue weighted by atomic mass is 16.1. The molecule has 6 nitrogen and oxygen atoms in total. The number of nitrogens with two attached hydrogens (primary N) is 1. The Morgan fingerprint density at radius 2 is 2.41 bits per heavy atom. The number of aromatic nitrogens is 3. The van der Waals surface area contributed by atoms with Crippen LogP contribution in [0.5, 0.6) is 0 Å². The van der Waals surface area contributed by atoms with Gasteiger partial charge in [-0.05, 0) is 12.5 Å². The predicted molar refractivity (Wildman–Crippen MR) is 65.2 cm³/mol. The number of nitrogens with zero attached hydrogens (tertiary/aromatic N) is 3. The van der Waals surface area contributed by atoms with Crippen LogP contribution in [0.4, 0.5) is 0 Å². The van der Waals surface area contributed by atoms with Gasteiger partial charge < -0.3 is 15.6 Å². The third-order valence-corrected chi connectivity index (χ3v) is 2.86. The molecule has 0 bridgehead atoms. The molecule has 0 aliphatic carbocycles. The molecule has 1 heterocycles. The number of nitrogens with one attached hydrogen (secondary N) is 1. The lowest BCUT2D eigenvalue weighted by Crippen LogP contribution is -2.29. The van der Waals surface area contributed by atoms with E-state index in [1.807, 2.05) is 18.5 Å². The molecule has 1 aromatic heterocycles. The molecular weight excluding hydrogens is 218 g/mol. The van der Waals surface area contributed by atoms with Crippen molar-refractivity contribution >= 4 is 5.91 Å². The van der Waals surface area contributed by atoms with Crippen molar-refractivity contribution in [2.45, 2.75) is 26.2 Å². The molecule has 1 rings (SSSR count). The van der Waals surface area contributed by atoms with E-state index in [0.717, 1.165) is 12.2 Å². The van der Waals surface area contributed by atoms with Crippen LogP contribution < -0.4 is 11.1 Å². The van der Waals surface area contributed by atoms with Crippen molar-refractivity contribution in [1.29, 1.82) is 0 Å². The van der Waals surface area contributed by atoms with E-state index in [9.17, 15) is 4.79 Å². The second-order valence-corrected chi connectivity index (χ2v) is 4.17. The van der Waals surface area contributed by atoms with Crippen LogP contribution in [-0.4, -0.2) is 33.8 Å². The maximum Gasteiger partial charge on any atom is 0.220 e. The molecule has 96 valence electrons. The van der Waals surface area contributed by atoms with Gasteiger partial charge in [0.25, 0.3) is 0 Å². The Labute approximate surface area is 102 Å². The van der Waals surface area contributed by atoms with Gasteiger partial charge in [0.2, 0.25) is 5.91 Å². The first-order valence-corrected chi connectivity index (χ1v) is 5.97. The van der Waals surface area contributed by atoms with Gasteiger partial charge in [-0.3, -0.25) is 4.79 Å². The zero-order valence-electron chi connectivity index (χ0n) is 10.5. The molecule has 0 aliphatic rings. The normalized spacial score (nSPS) is 12.4. The molecule has 1 unspecified atom stereocenters.